The molecule has 0 atom stereocenters. The van der Waals surface area contributed by atoms with Crippen molar-refractivity contribution in [3.8, 4) is 5.95 Å². The fourth-order valence-corrected chi connectivity index (χ4v) is 1.55. The van der Waals surface area contributed by atoms with Crippen LogP contribution in [0.5, 0.6) is 0 Å². The summed E-state index contributed by atoms with van der Waals surface area (Å²) < 4.78 is 1.73. The number of nitrogens with zero attached hydrogens (tertiary/aromatic N) is 4. The van der Waals surface area contributed by atoms with Gasteiger partial charge in [-0.05, 0) is 24.5 Å². The molecule has 0 saturated heterocycles. The van der Waals surface area contributed by atoms with Crippen LogP contribution in [0.1, 0.15) is 31.0 Å². The van der Waals surface area contributed by atoms with E-state index in [4.69, 9.17) is 0 Å². The SMILES string of the molecule is Cc1nn(-c2ncccn2)cc1C(C)C. The first-order chi connectivity index (χ1) is 7.18. The molecule has 0 bridgehead atoms. The summed E-state index contributed by atoms with van der Waals surface area (Å²) in [6, 6.07) is 1.79. The molecular formula is C11H14N4. The first-order valence-electron chi connectivity index (χ1n) is 5.02. The summed E-state index contributed by atoms with van der Waals surface area (Å²) in [5, 5.41) is 4.39. The number of hydrogen-bond acceptors (Lipinski definition) is 3. The van der Waals surface area contributed by atoms with E-state index < -0.39 is 0 Å². The molecule has 0 amide bonds. The Hall–Kier alpha value is -1.71. The fraction of sp³-hybridized carbons (Fsp3) is 0.364. The highest BCUT2D eigenvalue weighted by Gasteiger charge is 2.10. The van der Waals surface area contributed by atoms with E-state index >= 15 is 0 Å². The monoisotopic (exact) mass is 202 g/mol. The molecule has 78 valence electrons. The standard InChI is InChI=1S/C11H14N4/c1-8(2)10-7-15(14-9(10)3)11-12-5-4-6-13-11/h4-8H,1-3H3. The van der Waals surface area contributed by atoms with E-state index in [2.05, 4.69) is 28.9 Å². The summed E-state index contributed by atoms with van der Waals surface area (Å²) in [5.41, 5.74) is 2.28. The highest BCUT2D eigenvalue weighted by molar-refractivity contribution is 5.23. The van der Waals surface area contributed by atoms with Gasteiger partial charge in [0.2, 0.25) is 5.95 Å². The number of rotatable bonds is 2. The molecule has 2 rings (SSSR count). The van der Waals surface area contributed by atoms with Crippen LogP contribution in [0.2, 0.25) is 0 Å². The van der Waals surface area contributed by atoms with Crippen LogP contribution in [0.25, 0.3) is 5.95 Å². The number of aryl methyl sites for hydroxylation is 1. The van der Waals surface area contributed by atoms with Gasteiger partial charge < -0.3 is 0 Å². The average molecular weight is 202 g/mol. The molecule has 15 heavy (non-hydrogen) atoms. The highest BCUT2D eigenvalue weighted by atomic mass is 15.3. The summed E-state index contributed by atoms with van der Waals surface area (Å²) in [7, 11) is 0. The molecule has 4 nitrogen and oxygen atoms in total. The van der Waals surface area contributed by atoms with Crippen molar-refractivity contribution in [2.45, 2.75) is 26.7 Å². The quantitative estimate of drug-likeness (QED) is 0.749. The summed E-state index contributed by atoms with van der Waals surface area (Å²) in [5.74, 6) is 1.09. The summed E-state index contributed by atoms with van der Waals surface area (Å²) >= 11 is 0. The van der Waals surface area contributed by atoms with Crippen LogP contribution in [0.15, 0.2) is 24.7 Å². The molecule has 2 heterocycles. The molecule has 2 aromatic rings. The van der Waals surface area contributed by atoms with Crippen LogP contribution in [0, 0.1) is 6.92 Å². The van der Waals surface area contributed by atoms with Gasteiger partial charge in [-0.1, -0.05) is 13.8 Å². The fourth-order valence-electron chi connectivity index (χ4n) is 1.55. The third kappa shape index (κ3) is 1.88. The van der Waals surface area contributed by atoms with Crippen LogP contribution in [-0.4, -0.2) is 19.7 Å². The Morgan fingerprint density at radius 2 is 1.87 bits per heavy atom. The van der Waals surface area contributed by atoms with Crippen molar-refractivity contribution >= 4 is 0 Å². The molecule has 4 heteroatoms. The Morgan fingerprint density at radius 3 is 2.40 bits per heavy atom. The van der Waals surface area contributed by atoms with Crippen molar-refractivity contribution in [1.29, 1.82) is 0 Å². The van der Waals surface area contributed by atoms with E-state index in [0.717, 1.165) is 5.69 Å². The Morgan fingerprint density at radius 1 is 1.20 bits per heavy atom. The molecule has 0 N–H and O–H groups in total. The minimum atomic E-state index is 0.475. The first kappa shape index (κ1) is 9.83. The van der Waals surface area contributed by atoms with Gasteiger partial charge in [-0.3, -0.25) is 0 Å². The third-order valence-electron chi connectivity index (χ3n) is 2.32. The summed E-state index contributed by atoms with van der Waals surface area (Å²) in [4.78, 5) is 8.30. The van der Waals surface area contributed by atoms with E-state index in [0.29, 0.717) is 11.9 Å². The van der Waals surface area contributed by atoms with Gasteiger partial charge in [0.1, 0.15) is 0 Å². The molecular weight excluding hydrogens is 188 g/mol. The Balaban J connectivity index is 2.43. The lowest BCUT2D eigenvalue weighted by Gasteiger charge is -1.99. The second-order valence-corrected chi connectivity index (χ2v) is 3.82. The molecule has 0 spiro atoms. The van der Waals surface area contributed by atoms with E-state index in [1.54, 1.807) is 23.1 Å². The molecule has 0 aromatic carbocycles. The second-order valence-electron chi connectivity index (χ2n) is 3.82. The van der Waals surface area contributed by atoms with Crippen molar-refractivity contribution in [3.63, 3.8) is 0 Å². The largest absolute Gasteiger partial charge is 0.250 e. The van der Waals surface area contributed by atoms with Gasteiger partial charge >= 0.3 is 0 Å². The lowest BCUT2D eigenvalue weighted by atomic mass is 10.1. The van der Waals surface area contributed by atoms with Crippen molar-refractivity contribution < 1.29 is 0 Å². The minimum Gasteiger partial charge on any atom is -0.220 e. The maximum Gasteiger partial charge on any atom is 0.250 e. The predicted octanol–water partition coefficient (Wildman–Crippen LogP) is 2.09. The van der Waals surface area contributed by atoms with Crippen LogP contribution < -0.4 is 0 Å². The Bertz CT molecular complexity index is 445. The average Bonchev–Trinajstić information content (AvgIpc) is 2.62. The van der Waals surface area contributed by atoms with Crippen molar-refractivity contribution in [2.24, 2.45) is 0 Å². The van der Waals surface area contributed by atoms with Gasteiger partial charge in [0.15, 0.2) is 0 Å². The third-order valence-corrected chi connectivity index (χ3v) is 2.32. The second kappa shape index (κ2) is 3.81. The lowest BCUT2D eigenvalue weighted by Crippen LogP contribution is -2.00. The smallest absolute Gasteiger partial charge is 0.220 e. The van der Waals surface area contributed by atoms with Gasteiger partial charge in [0.05, 0.1) is 5.69 Å². The van der Waals surface area contributed by atoms with Gasteiger partial charge in [-0.2, -0.15) is 5.10 Å². The first-order valence-corrected chi connectivity index (χ1v) is 5.02. The predicted molar refractivity (Wildman–Crippen MR) is 58.0 cm³/mol. The van der Waals surface area contributed by atoms with Crippen molar-refractivity contribution in [3.05, 3.63) is 35.9 Å². The van der Waals surface area contributed by atoms with Gasteiger partial charge in [0.25, 0.3) is 0 Å². The zero-order valence-corrected chi connectivity index (χ0v) is 9.18. The van der Waals surface area contributed by atoms with Gasteiger partial charge in [0, 0.05) is 18.6 Å². The number of hydrogen-bond donors (Lipinski definition) is 0. The molecule has 0 saturated carbocycles. The maximum atomic E-state index is 4.39. The van der Waals surface area contributed by atoms with E-state index in [1.807, 2.05) is 13.1 Å². The zero-order chi connectivity index (χ0) is 10.8. The molecule has 0 aliphatic rings. The Kier molecular flexibility index (Phi) is 2.49. The molecule has 2 aromatic heterocycles. The summed E-state index contributed by atoms with van der Waals surface area (Å²) in [6.07, 6.45) is 5.43. The van der Waals surface area contributed by atoms with Crippen LogP contribution in [0.3, 0.4) is 0 Å². The minimum absolute atomic E-state index is 0.475. The molecule has 0 fully saturated rings. The molecule has 0 aliphatic heterocycles. The van der Waals surface area contributed by atoms with Crippen LogP contribution >= 0.6 is 0 Å². The molecule has 0 aliphatic carbocycles. The lowest BCUT2D eigenvalue weighted by molar-refractivity contribution is 0.796. The normalized spacial score (nSPS) is 10.9. The van der Waals surface area contributed by atoms with Gasteiger partial charge in [-0.25, -0.2) is 14.6 Å². The zero-order valence-electron chi connectivity index (χ0n) is 9.18. The van der Waals surface area contributed by atoms with E-state index in [-0.39, 0.29) is 0 Å². The van der Waals surface area contributed by atoms with Crippen molar-refractivity contribution in [1.82, 2.24) is 19.7 Å². The Labute approximate surface area is 89.0 Å². The topological polar surface area (TPSA) is 43.6 Å². The number of aromatic nitrogens is 4. The van der Waals surface area contributed by atoms with Crippen LogP contribution in [0.4, 0.5) is 0 Å². The molecule has 0 unspecified atom stereocenters. The summed E-state index contributed by atoms with van der Waals surface area (Å²) in [6.45, 7) is 6.31. The highest BCUT2D eigenvalue weighted by Crippen LogP contribution is 2.18. The van der Waals surface area contributed by atoms with Crippen molar-refractivity contribution in [2.75, 3.05) is 0 Å². The van der Waals surface area contributed by atoms with E-state index in [9.17, 15) is 0 Å². The van der Waals surface area contributed by atoms with Crippen LogP contribution in [-0.2, 0) is 0 Å². The maximum absolute atomic E-state index is 4.39. The molecule has 0 radical (unpaired) electrons. The van der Waals surface area contributed by atoms with Gasteiger partial charge in [-0.15, -0.1) is 0 Å². The van der Waals surface area contributed by atoms with E-state index in [1.165, 1.54) is 5.56 Å².